The third-order valence-electron chi connectivity index (χ3n) is 5.02. The molecule has 0 saturated heterocycles. The molecule has 2 aliphatic rings. The molecular weight excluding hydrogens is 302 g/mol. The monoisotopic (exact) mass is 325 g/mol. The number of aromatic nitrogens is 2. The fraction of sp³-hybridized carbons (Fsp3) is 0.474. The van der Waals surface area contributed by atoms with E-state index < -0.39 is 0 Å². The molecular formula is C19H23N3O2. The highest BCUT2D eigenvalue weighted by Gasteiger charge is 2.44. The second kappa shape index (κ2) is 6.30. The first kappa shape index (κ1) is 15.2. The van der Waals surface area contributed by atoms with Crippen LogP contribution >= 0.6 is 0 Å². The molecule has 0 bridgehead atoms. The van der Waals surface area contributed by atoms with Crippen molar-refractivity contribution in [3.05, 3.63) is 47.3 Å². The molecule has 1 N–H and O–H groups in total. The van der Waals surface area contributed by atoms with Crippen LogP contribution in [0.5, 0.6) is 5.75 Å². The number of hydrogen-bond donors (Lipinski definition) is 1. The lowest BCUT2D eigenvalue weighted by Gasteiger charge is -2.09. The van der Waals surface area contributed by atoms with Gasteiger partial charge in [0.25, 0.3) is 0 Å². The summed E-state index contributed by atoms with van der Waals surface area (Å²) in [4.78, 5) is 12.2. The number of aryl methyl sites for hydroxylation is 3. The van der Waals surface area contributed by atoms with Gasteiger partial charge < -0.3 is 10.1 Å². The van der Waals surface area contributed by atoms with E-state index in [1.54, 1.807) is 4.68 Å². The van der Waals surface area contributed by atoms with Gasteiger partial charge in [-0.15, -0.1) is 0 Å². The highest BCUT2D eigenvalue weighted by atomic mass is 16.5. The first-order chi connectivity index (χ1) is 11.7. The van der Waals surface area contributed by atoms with Crippen LogP contribution in [0.2, 0.25) is 0 Å². The van der Waals surface area contributed by atoms with Crippen LogP contribution in [0.1, 0.15) is 35.4 Å². The molecule has 4 rings (SSSR count). The summed E-state index contributed by atoms with van der Waals surface area (Å²) in [5.41, 5.74) is 4.02. The molecule has 0 spiro atoms. The second-order valence-electron chi connectivity index (χ2n) is 6.82. The van der Waals surface area contributed by atoms with Crippen LogP contribution in [0, 0.1) is 5.92 Å². The van der Waals surface area contributed by atoms with Gasteiger partial charge in [0.1, 0.15) is 12.4 Å². The van der Waals surface area contributed by atoms with Crippen molar-refractivity contribution < 1.29 is 9.53 Å². The molecule has 1 aromatic heterocycles. The first-order valence-corrected chi connectivity index (χ1v) is 8.71. The van der Waals surface area contributed by atoms with Gasteiger partial charge in [-0.05, 0) is 60.4 Å². The van der Waals surface area contributed by atoms with Crippen LogP contribution in [0.15, 0.2) is 30.6 Å². The van der Waals surface area contributed by atoms with Crippen molar-refractivity contribution in [1.82, 2.24) is 15.1 Å². The molecule has 1 aromatic carbocycles. The second-order valence-corrected chi connectivity index (χ2v) is 6.82. The van der Waals surface area contributed by atoms with Crippen LogP contribution in [-0.4, -0.2) is 28.8 Å². The molecule has 24 heavy (non-hydrogen) atoms. The maximum atomic E-state index is 12.2. The standard InChI is InChI=1S/C19H23N3O2/c1-22-12-15(11-21-22)17-10-18(17)19(23)20-7-8-24-16-6-5-13-3-2-4-14(13)9-16/h5-6,9,11-12,17-18H,2-4,7-8,10H2,1H3,(H,20,23). The highest BCUT2D eigenvalue weighted by molar-refractivity contribution is 5.82. The lowest BCUT2D eigenvalue weighted by atomic mass is 10.1. The fourth-order valence-electron chi connectivity index (χ4n) is 3.60. The normalized spacial score (nSPS) is 21.4. The van der Waals surface area contributed by atoms with Crippen molar-refractivity contribution in [3.63, 3.8) is 0 Å². The molecule has 0 aliphatic heterocycles. The number of ether oxygens (including phenoxy) is 1. The summed E-state index contributed by atoms with van der Waals surface area (Å²) in [6, 6.07) is 6.34. The number of carbonyl (C=O) groups excluding carboxylic acids is 1. The summed E-state index contributed by atoms with van der Waals surface area (Å²) >= 11 is 0. The molecule has 1 saturated carbocycles. The van der Waals surface area contributed by atoms with E-state index in [1.807, 2.05) is 25.5 Å². The van der Waals surface area contributed by atoms with Gasteiger partial charge >= 0.3 is 0 Å². The Labute approximate surface area is 142 Å². The molecule has 2 unspecified atom stereocenters. The fourth-order valence-corrected chi connectivity index (χ4v) is 3.60. The van der Waals surface area contributed by atoms with E-state index in [2.05, 4.69) is 22.5 Å². The number of fused-ring (bicyclic) bond motifs is 1. The molecule has 2 aliphatic carbocycles. The Bertz CT molecular complexity index is 753. The van der Waals surface area contributed by atoms with Gasteiger partial charge in [0.2, 0.25) is 5.91 Å². The number of nitrogens with zero attached hydrogens (tertiary/aromatic N) is 2. The highest BCUT2D eigenvalue weighted by Crippen LogP contribution is 2.47. The minimum absolute atomic E-state index is 0.0918. The third-order valence-corrected chi connectivity index (χ3v) is 5.02. The van der Waals surface area contributed by atoms with E-state index in [4.69, 9.17) is 4.74 Å². The molecule has 2 atom stereocenters. The zero-order valence-electron chi connectivity index (χ0n) is 14.0. The zero-order chi connectivity index (χ0) is 16.5. The summed E-state index contributed by atoms with van der Waals surface area (Å²) in [6.07, 6.45) is 8.35. The first-order valence-electron chi connectivity index (χ1n) is 8.71. The Morgan fingerprint density at radius 1 is 1.38 bits per heavy atom. The quantitative estimate of drug-likeness (QED) is 0.829. The lowest BCUT2D eigenvalue weighted by molar-refractivity contribution is -0.122. The summed E-state index contributed by atoms with van der Waals surface area (Å²) in [5.74, 6) is 1.46. The van der Waals surface area contributed by atoms with Gasteiger partial charge in [0, 0.05) is 19.2 Å². The number of amides is 1. The Kier molecular flexibility index (Phi) is 4.00. The van der Waals surface area contributed by atoms with Crippen LogP contribution in [0.3, 0.4) is 0 Å². The maximum Gasteiger partial charge on any atom is 0.223 e. The number of rotatable bonds is 6. The van der Waals surface area contributed by atoms with Gasteiger partial charge in [-0.25, -0.2) is 0 Å². The molecule has 5 heteroatoms. The summed E-state index contributed by atoms with van der Waals surface area (Å²) in [7, 11) is 1.90. The Balaban J connectivity index is 1.20. The lowest BCUT2D eigenvalue weighted by Crippen LogP contribution is -2.29. The van der Waals surface area contributed by atoms with Crippen molar-refractivity contribution in [3.8, 4) is 5.75 Å². The van der Waals surface area contributed by atoms with Gasteiger partial charge in [0.15, 0.2) is 0 Å². The maximum absolute atomic E-state index is 12.2. The molecule has 2 aromatic rings. The van der Waals surface area contributed by atoms with Gasteiger partial charge in [-0.3, -0.25) is 9.48 Å². The third kappa shape index (κ3) is 3.16. The van der Waals surface area contributed by atoms with Crippen molar-refractivity contribution >= 4 is 5.91 Å². The molecule has 1 heterocycles. The Morgan fingerprint density at radius 2 is 2.25 bits per heavy atom. The van der Waals surface area contributed by atoms with Crippen molar-refractivity contribution in [2.75, 3.05) is 13.2 Å². The van der Waals surface area contributed by atoms with Crippen LogP contribution < -0.4 is 10.1 Å². The smallest absolute Gasteiger partial charge is 0.223 e. The van der Waals surface area contributed by atoms with Crippen LogP contribution in [0.4, 0.5) is 0 Å². The number of hydrogen-bond acceptors (Lipinski definition) is 3. The van der Waals surface area contributed by atoms with Crippen molar-refractivity contribution in [2.24, 2.45) is 13.0 Å². The van der Waals surface area contributed by atoms with Crippen LogP contribution in [0.25, 0.3) is 0 Å². The van der Waals surface area contributed by atoms with Crippen LogP contribution in [-0.2, 0) is 24.7 Å². The van der Waals surface area contributed by atoms with Crippen molar-refractivity contribution in [1.29, 1.82) is 0 Å². The van der Waals surface area contributed by atoms with Gasteiger partial charge in [0.05, 0.1) is 12.7 Å². The molecule has 5 nitrogen and oxygen atoms in total. The average molecular weight is 325 g/mol. The largest absolute Gasteiger partial charge is 0.492 e. The average Bonchev–Trinajstić information content (AvgIpc) is 3.04. The minimum Gasteiger partial charge on any atom is -0.492 e. The van der Waals surface area contributed by atoms with E-state index in [0.717, 1.165) is 24.2 Å². The van der Waals surface area contributed by atoms with Gasteiger partial charge in [-0.1, -0.05) is 6.07 Å². The van der Waals surface area contributed by atoms with E-state index in [1.165, 1.54) is 24.0 Å². The Hall–Kier alpha value is -2.30. The van der Waals surface area contributed by atoms with Gasteiger partial charge in [-0.2, -0.15) is 5.10 Å². The van der Waals surface area contributed by atoms with E-state index in [-0.39, 0.29) is 11.8 Å². The summed E-state index contributed by atoms with van der Waals surface area (Å²) in [6.45, 7) is 1.06. The number of benzene rings is 1. The molecule has 1 fully saturated rings. The number of nitrogens with one attached hydrogen (secondary N) is 1. The van der Waals surface area contributed by atoms with E-state index in [9.17, 15) is 4.79 Å². The predicted molar refractivity (Wildman–Crippen MR) is 91.0 cm³/mol. The number of carbonyl (C=O) groups is 1. The SMILES string of the molecule is Cn1cc(C2CC2C(=O)NCCOc2ccc3c(c2)CCC3)cn1. The zero-order valence-corrected chi connectivity index (χ0v) is 14.0. The van der Waals surface area contributed by atoms with Crippen molar-refractivity contribution in [2.45, 2.75) is 31.6 Å². The van der Waals surface area contributed by atoms with E-state index in [0.29, 0.717) is 19.1 Å². The summed E-state index contributed by atoms with van der Waals surface area (Å²) < 4.78 is 7.55. The summed E-state index contributed by atoms with van der Waals surface area (Å²) in [5, 5.41) is 7.15. The molecule has 0 radical (unpaired) electrons. The predicted octanol–water partition coefficient (Wildman–Crippen LogP) is 2.21. The molecule has 1 amide bonds. The molecule has 126 valence electrons. The minimum atomic E-state index is 0.0918. The van der Waals surface area contributed by atoms with E-state index >= 15 is 0 Å². The topological polar surface area (TPSA) is 56.2 Å². The Morgan fingerprint density at radius 3 is 3.08 bits per heavy atom.